The molecule has 2 aromatic carbocycles. The van der Waals surface area contributed by atoms with E-state index in [2.05, 4.69) is 10.2 Å². The summed E-state index contributed by atoms with van der Waals surface area (Å²) in [5.41, 5.74) is 2.31. The van der Waals surface area contributed by atoms with Gasteiger partial charge in [0.2, 0.25) is 0 Å². The Morgan fingerprint density at radius 2 is 1.73 bits per heavy atom. The molecule has 0 bridgehead atoms. The fraction of sp³-hybridized carbons (Fsp3) is 0.391. The number of nitrogens with zero attached hydrogens (tertiary/aromatic N) is 1. The van der Waals surface area contributed by atoms with Crippen molar-refractivity contribution < 1.29 is 23.8 Å². The number of carbonyl (C=O) groups is 2. The molecule has 160 valence electrons. The van der Waals surface area contributed by atoms with Gasteiger partial charge in [0, 0.05) is 18.7 Å². The predicted octanol–water partition coefficient (Wildman–Crippen LogP) is 3.74. The molecule has 1 aliphatic rings. The summed E-state index contributed by atoms with van der Waals surface area (Å²) in [6.45, 7) is 8.60. The van der Waals surface area contributed by atoms with Crippen LogP contribution in [0, 0.1) is 0 Å². The van der Waals surface area contributed by atoms with Crippen LogP contribution < -0.4 is 15.0 Å². The van der Waals surface area contributed by atoms with Gasteiger partial charge >= 0.3 is 5.97 Å². The topological polar surface area (TPSA) is 77.1 Å². The summed E-state index contributed by atoms with van der Waals surface area (Å²) in [4.78, 5) is 27.2. The van der Waals surface area contributed by atoms with Gasteiger partial charge in [-0.05, 0) is 63.2 Å². The molecule has 7 heteroatoms. The van der Waals surface area contributed by atoms with Crippen LogP contribution in [-0.2, 0) is 9.47 Å². The highest BCUT2D eigenvalue weighted by molar-refractivity contribution is 6.07. The Hall–Kier alpha value is -3.06. The molecule has 1 amide bonds. The summed E-state index contributed by atoms with van der Waals surface area (Å²) in [5.74, 6) is 0.0261. The molecule has 0 unspecified atom stereocenters. The van der Waals surface area contributed by atoms with Crippen molar-refractivity contribution in [2.45, 2.75) is 26.9 Å². The van der Waals surface area contributed by atoms with Gasteiger partial charge in [0.15, 0.2) is 0 Å². The Labute approximate surface area is 176 Å². The van der Waals surface area contributed by atoms with E-state index in [4.69, 9.17) is 14.2 Å². The summed E-state index contributed by atoms with van der Waals surface area (Å²) in [6, 6.07) is 12.2. The van der Waals surface area contributed by atoms with Crippen molar-refractivity contribution in [1.29, 1.82) is 0 Å². The average Bonchev–Trinajstić information content (AvgIpc) is 2.74. The van der Waals surface area contributed by atoms with Crippen LogP contribution in [-0.4, -0.2) is 50.9 Å². The summed E-state index contributed by atoms with van der Waals surface area (Å²) in [5, 5.41) is 2.95. The molecule has 0 aliphatic carbocycles. The fourth-order valence-electron chi connectivity index (χ4n) is 3.21. The first kappa shape index (κ1) is 21.6. The molecule has 1 aliphatic heterocycles. The lowest BCUT2D eigenvalue weighted by molar-refractivity contribution is 0.0526. The maximum atomic E-state index is 12.9. The van der Waals surface area contributed by atoms with Crippen molar-refractivity contribution in [3.8, 4) is 5.75 Å². The molecule has 3 rings (SSSR count). The normalized spacial score (nSPS) is 13.8. The molecule has 0 radical (unpaired) electrons. The van der Waals surface area contributed by atoms with Gasteiger partial charge in [0.25, 0.3) is 5.91 Å². The maximum Gasteiger partial charge on any atom is 0.338 e. The van der Waals surface area contributed by atoms with Crippen LogP contribution in [0.5, 0.6) is 5.75 Å². The Bertz CT molecular complexity index is 874. The lowest BCUT2D eigenvalue weighted by Gasteiger charge is -2.30. The van der Waals surface area contributed by atoms with E-state index in [1.807, 2.05) is 19.9 Å². The minimum atomic E-state index is -0.420. The Balaban J connectivity index is 1.84. The van der Waals surface area contributed by atoms with Crippen molar-refractivity contribution in [2.24, 2.45) is 0 Å². The molecular formula is C23H28N2O5. The number of nitrogens with one attached hydrogen (secondary N) is 1. The zero-order valence-corrected chi connectivity index (χ0v) is 17.6. The number of carbonyl (C=O) groups excluding carboxylic acids is 2. The molecule has 1 saturated heterocycles. The van der Waals surface area contributed by atoms with E-state index in [9.17, 15) is 9.59 Å². The summed E-state index contributed by atoms with van der Waals surface area (Å²) >= 11 is 0. The lowest BCUT2D eigenvalue weighted by atomic mass is 10.1. The SMILES string of the molecule is CCOC(=O)c1ccc(N2CCOCC2)c(NC(=O)c2ccc(OC(C)C)cc2)c1. The van der Waals surface area contributed by atoms with E-state index >= 15 is 0 Å². The number of amides is 1. The van der Waals surface area contributed by atoms with Gasteiger partial charge < -0.3 is 24.4 Å². The smallest absolute Gasteiger partial charge is 0.338 e. The number of morpholine rings is 1. The van der Waals surface area contributed by atoms with Crippen molar-refractivity contribution in [1.82, 2.24) is 0 Å². The number of anilines is 2. The highest BCUT2D eigenvalue weighted by Gasteiger charge is 2.19. The van der Waals surface area contributed by atoms with Crippen LogP contribution in [0.2, 0.25) is 0 Å². The highest BCUT2D eigenvalue weighted by atomic mass is 16.5. The Morgan fingerprint density at radius 1 is 1.07 bits per heavy atom. The van der Waals surface area contributed by atoms with Gasteiger partial charge in [0.05, 0.1) is 42.9 Å². The van der Waals surface area contributed by atoms with Crippen molar-refractivity contribution in [2.75, 3.05) is 43.1 Å². The van der Waals surface area contributed by atoms with Gasteiger partial charge in [-0.1, -0.05) is 0 Å². The second-order valence-corrected chi connectivity index (χ2v) is 7.20. The first-order valence-electron chi connectivity index (χ1n) is 10.2. The summed E-state index contributed by atoms with van der Waals surface area (Å²) < 4.78 is 16.2. The van der Waals surface area contributed by atoms with Crippen molar-refractivity contribution in [3.05, 3.63) is 53.6 Å². The molecule has 0 saturated carbocycles. The molecule has 7 nitrogen and oxygen atoms in total. The fourth-order valence-corrected chi connectivity index (χ4v) is 3.21. The summed E-state index contributed by atoms with van der Waals surface area (Å²) in [6.07, 6.45) is 0.0615. The Morgan fingerprint density at radius 3 is 2.37 bits per heavy atom. The second-order valence-electron chi connectivity index (χ2n) is 7.20. The first-order chi connectivity index (χ1) is 14.5. The average molecular weight is 412 g/mol. The number of hydrogen-bond acceptors (Lipinski definition) is 6. The van der Waals surface area contributed by atoms with E-state index in [0.29, 0.717) is 48.9 Å². The predicted molar refractivity (Wildman–Crippen MR) is 116 cm³/mol. The number of benzene rings is 2. The standard InChI is InChI=1S/C23H28N2O5/c1-4-29-23(27)18-7-10-21(25-11-13-28-14-12-25)20(15-18)24-22(26)17-5-8-19(9-6-17)30-16(2)3/h5-10,15-16H,4,11-14H2,1-3H3,(H,24,26). The minimum Gasteiger partial charge on any atom is -0.491 e. The third-order valence-electron chi connectivity index (χ3n) is 4.60. The number of rotatable bonds is 7. The van der Waals surface area contributed by atoms with Crippen molar-refractivity contribution >= 4 is 23.3 Å². The van der Waals surface area contributed by atoms with E-state index in [1.165, 1.54) is 0 Å². The third-order valence-corrected chi connectivity index (χ3v) is 4.60. The lowest BCUT2D eigenvalue weighted by Crippen LogP contribution is -2.36. The molecule has 1 heterocycles. The van der Waals surface area contributed by atoms with E-state index in [-0.39, 0.29) is 18.6 Å². The molecule has 1 fully saturated rings. The molecule has 0 spiro atoms. The molecule has 0 aromatic heterocycles. The third kappa shape index (κ3) is 5.51. The molecule has 1 N–H and O–H groups in total. The quantitative estimate of drug-likeness (QED) is 0.698. The van der Waals surface area contributed by atoms with E-state index < -0.39 is 5.97 Å². The van der Waals surface area contributed by atoms with Crippen LogP contribution in [0.25, 0.3) is 0 Å². The molecule has 0 atom stereocenters. The summed E-state index contributed by atoms with van der Waals surface area (Å²) in [7, 11) is 0. The zero-order chi connectivity index (χ0) is 21.5. The first-order valence-corrected chi connectivity index (χ1v) is 10.2. The van der Waals surface area contributed by atoms with Gasteiger partial charge in [-0.15, -0.1) is 0 Å². The van der Waals surface area contributed by atoms with Gasteiger partial charge in [-0.2, -0.15) is 0 Å². The van der Waals surface area contributed by atoms with Crippen LogP contribution in [0.15, 0.2) is 42.5 Å². The largest absolute Gasteiger partial charge is 0.491 e. The van der Waals surface area contributed by atoms with E-state index in [0.717, 1.165) is 5.69 Å². The van der Waals surface area contributed by atoms with Gasteiger partial charge in [0.1, 0.15) is 5.75 Å². The monoisotopic (exact) mass is 412 g/mol. The van der Waals surface area contributed by atoms with Crippen LogP contribution in [0.1, 0.15) is 41.5 Å². The van der Waals surface area contributed by atoms with Crippen LogP contribution >= 0.6 is 0 Å². The van der Waals surface area contributed by atoms with Gasteiger partial charge in [-0.25, -0.2) is 4.79 Å². The van der Waals surface area contributed by atoms with Crippen molar-refractivity contribution in [3.63, 3.8) is 0 Å². The Kier molecular flexibility index (Phi) is 7.30. The van der Waals surface area contributed by atoms with Crippen LogP contribution in [0.3, 0.4) is 0 Å². The molecule has 30 heavy (non-hydrogen) atoms. The zero-order valence-electron chi connectivity index (χ0n) is 17.6. The van der Waals surface area contributed by atoms with Gasteiger partial charge in [-0.3, -0.25) is 4.79 Å². The maximum absolute atomic E-state index is 12.9. The number of ether oxygens (including phenoxy) is 3. The highest BCUT2D eigenvalue weighted by Crippen LogP contribution is 2.29. The number of hydrogen-bond donors (Lipinski definition) is 1. The van der Waals surface area contributed by atoms with Crippen LogP contribution in [0.4, 0.5) is 11.4 Å². The molecule has 2 aromatic rings. The molecular weight excluding hydrogens is 384 g/mol. The number of esters is 1. The minimum absolute atomic E-state index is 0.0615. The second kappa shape index (κ2) is 10.1. The van der Waals surface area contributed by atoms with E-state index in [1.54, 1.807) is 43.3 Å².